The summed E-state index contributed by atoms with van der Waals surface area (Å²) in [6.45, 7) is 6.84. The molecule has 18 heavy (non-hydrogen) atoms. The van der Waals surface area contributed by atoms with Crippen molar-refractivity contribution < 1.29 is 0 Å². The van der Waals surface area contributed by atoms with Crippen LogP contribution in [-0.4, -0.2) is 31.6 Å². The average molecular weight is 352 g/mol. The lowest BCUT2D eigenvalue weighted by Gasteiger charge is -2.38. The molecule has 0 unspecified atom stereocenters. The molecule has 1 aliphatic rings. The fourth-order valence-corrected chi connectivity index (χ4v) is 4.06. The van der Waals surface area contributed by atoms with Crippen LogP contribution in [-0.2, 0) is 6.54 Å². The summed E-state index contributed by atoms with van der Waals surface area (Å²) in [5.74, 6) is 0. The third-order valence-electron chi connectivity index (χ3n) is 3.74. The minimum atomic E-state index is 0.449. The van der Waals surface area contributed by atoms with Gasteiger partial charge in [0.1, 0.15) is 4.34 Å². The maximum Gasteiger partial charge on any atom is 0.107 e. The molecule has 0 radical (unpaired) electrons. The van der Waals surface area contributed by atoms with Crippen LogP contribution in [0.25, 0.3) is 0 Å². The molecule has 2 heterocycles. The van der Waals surface area contributed by atoms with Crippen LogP contribution in [0.1, 0.15) is 24.6 Å². The molecule has 0 bridgehead atoms. The Hall–Kier alpha value is 0.390. The third-order valence-corrected chi connectivity index (χ3v) is 6.22. The highest BCUT2D eigenvalue weighted by atomic mass is 79.9. The first kappa shape index (κ1) is 14.8. The standard InChI is InChI=1S/C13H20BrClN2S/c1-13(3-5-17(2)6-4-13)9-16-8-10-7-11(14)12(15)18-10/h7,16H,3-6,8-9H2,1-2H3. The van der Waals surface area contributed by atoms with Crippen LogP contribution in [0.5, 0.6) is 0 Å². The lowest BCUT2D eigenvalue weighted by atomic mass is 9.80. The number of piperidine rings is 1. The van der Waals surface area contributed by atoms with Crippen molar-refractivity contribution in [1.82, 2.24) is 10.2 Å². The van der Waals surface area contributed by atoms with Gasteiger partial charge in [0.05, 0.1) is 0 Å². The highest BCUT2D eigenvalue weighted by Crippen LogP contribution is 2.32. The summed E-state index contributed by atoms with van der Waals surface area (Å²) in [6.07, 6.45) is 2.57. The number of nitrogens with zero attached hydrogens (tertiary/aromatic N) is 1. The van der Waals surface area contributed by atoms with E-state index in [1.54, 1.807) is 11.3 Å². The van der Waals surface area contributed by atoms with Gasteiger partial charge < -0.3 is 10.2 Å². The lowest BCUT2D eigenvalue weighted by molar-refractivity contribution is 0.137. The van der Waals surface area contributed by atoms with Gasteiger partial charge in [0, 0.05) is 22.4 Å². The Morgan fingerprint density at radius 2 is 2.17 bits per heavy atom. The van der Waals surface area contributed by atoms with Crippen molar-refractivity contribution in [3.8, 4) is 0 Å². The number of hydrogen-bond donors (Lipinski definition) is 1. The van der Waals surface area contributed by atoms with Crippen molar-refractivity contribution in [3.05, 3.63) is 19.8 Å². The molecule has 0 atom stereocenters. The number of rotatable bonds is 4. The van der Waals surface area contributed by atoms with Crippen LogP contribution in [0.4, 0.5) is 0 Å². The van der Waals surface area contributed by atoms with E-state index in [1.807, 2.05) is 0 Å². The predicted octanol–water partition coefficient (Wildman–Crippen LogP) is 3.99. The Morgan fingerprint density at radius 3 is 2.72 bits per heavy atom. The van der Waals surface area contributed by atoms with E-state index in [-0.39, 0.29) is 0 Å². The van der Waals surface area contributed by atoms with E-state index in [4.69, 9.17) is 11.6 Å². The van der Waals surface area contributed by atoms with E-state index in [0.29, 0.717) is 5.41 Å². The molecule has 2 nitrogen and oxygen atoms in total. The second-order valence-electron chi connectivity index (χ2n) is 5.55. The van der Waals surface area contributed by atoms with Crippen molar-refractivity contribution in [2.45, 2.75) is 26.3 Å². The van der Waals surface area contributed by atoms with Crippen LogP contribution in [0, 0.1) is 5.41 Å². The van der Waals surface area contributed by atoms with Crippen LogP contribution in [0.2, 0.25) is 4.34 Å². The van der Waals surface area contributed by atoms with E-state index in [1.165, 1.54) is 30.8 Å². The van der Waals surface area contributed by atoms with Crippen LogP contribution < -0.4 is 5.32 Å². The van der Waals surface area contributed by atoms with Gasteiger partial charge in [-0.1, -0.05) is 18.5 Å². The van der Waals surface area contributed by atoms with Gasteiger partial charge in [-0.15, -0.1) is 11.3 Å². The third kappa shape index (κ3) is 3.94. The monoisotopic (exact) mass is 350 g/mol. The van der Waals surface area contributed by atoms with Gasteiger partial charge in [-0.05, 0) is 60.4 Å². The smallest absolute Gasteiger partial charge is 0.107 e. The topological polar surface area (TPSA) is 15.3 Å². The summed E-state index contributed by atoms with van der Waals surface area (Å²) in [4.78, 5) is 3.71. The minimum Gasteiger partial charge on any atom is -0.311 e. The highest BCUT2D eigenvalue weighted by molar-refractivity contribution is 9.10. The number of thiophene rings is 1. The molecule has 1 N–H and O–H groups in total. The number of likely N-dealkylation sites (tertiary alicyclic amines) is 1. The zero-order valence-electron chi connectivity index (χ0n) is 10.9. The van der Waals surface area contributed by atoms with E-state index < -0.39 is 0 Å². The number of hydrogen-bond acceptors (Lipinski definition) is 3. The molecule has 0 aliphatic carbocycles. The quantitative estimate of drug-likeness (QED) is 0.882. The van der Waals surface area contributed by atoms with E-state index in [2.05, 4.69) is 46.2 Å². The average Bonchev–Trinajstić information content (AvgIpc) is 2.63. The SMILES string of the molecule is CN1CCC(C)(CNCc2cc(Br)c(Cl)s2)CC1. The lowest BCUT2D eigenvalue weighted by Crippen LogP contribution is -2.41. The van der Waals surface area contributed by atoms with Gasteiger partial charge in [0.15, 0.2) is 0 Å². The second kappa shape index (κ2) is 6.23. The summed E-state index contributed by atoms with van der Waals surface area (Å²) in [5.41, 5.74) is 0.449. The molecule has 1 aromatic rings. The largest absolute Gasteiger partial charge is 0.311 e. The van der Waals surface area contributed by atoms with E-state index in [0.717, 1.165) is 21.9 Å². The summed E-state index contributed by atoms with van der Waals surface area (Å²) in [7, 11) is 2.21. The van der Waals surface area contributed by atoms with Gasteiger partial charge in [0.25, 0.3) is 0 Å². The normalized spacial score (nSPS) is 20.2. The van der Waals surface area contributed by atoms with Gasteiger partial charge in [-0.2, -0.15) is 0 Å². The highest BCUT2D eigenvalue weighted by Gasteiger charge is 2.28. The van der Waals surface area contributed by atoms with Crippen LogP contribution >= 0.6 is 38.9 Å². The summed E-state index contributed by atoms with van der Waals surface area (Å²) in [6, 6.07) is 2.11. The van der Waals surface area contributed by atoms with Crippen LogP contribution in [0.3, 0.4) is 0 Å². The van der Waals surface area contributed by atoms with Crippen molar-refractivity contribution in [2.75, 3.05) is 26.7 Å². The van der Waals surface area contributed by atoms with E-state index >= 15 is 0 Å². The molecule has 0 spiro atoms. The van der Waals surface area contributed by atoms with Gasteiger partial charge in [0.2, 0.25) is 0 Å². The predicted molar refractivity (Wildman–Crippen MR) is 83.6 cm³/mol. The molecule has 0 aromatic carbocycles. The molecule has 0 amide bonds. The second-order valence-corrected chi connectivity index (χ2v) is 8.15. The Bertz CT molecular complexity index is 380. The minimum absolute atomic E-state index is 0.449. The molecule has 1 aromatic heterocycles. The number of halogens is 2. The molecular weight excluding hydrogens is 332 g/mol. The van der Waals surface area contributed by atoms with Crippen molar-refractivity contribution in [2.24, 2.45) is 5.41 Å². The first-order valence-electron chi connectivity index (χ1n) is 6.31. The van der Waals surface area contributed by atoms with E-state index in [9.17, 15) is 0 Å². The number of nitrogens with one attached hydrogen (secondary N) is 1. The van der Waals surface area contributed by atoms with Crippen molar-refractivity contribution in [3.63, 3.8) is 0 Å². The Balaban J connectivity index is 1.78. The maximum absolute atomic E-state index is 6.04. The Labute approximate surface area is 127 Å². The Kier molecular flexibility index (Phi) is 5.12. The molecule has 2 rings (SSSR count). The van der Waals surface area contributed by atoms with Gasteiger partial charge >= 0.3 is 0 Å². The molecular formula is C13H20BrClN2S. The Morgan fingerprint density at radius 1 is 1.50 bits per heavy atom. The molecule has 1 saturated heterocycles. The van der Waals surface area contributed by atoms with Crippen molar-refractivity contribution in [1.29, 1.82) is 0 Å². The first-order valence-corrected chi connectivity index (χ1v) is 8.30. The zero-order valence-corrected chi connectivity index (χ0v) is 14.1. The zero-order chi connectivity index (χ0) is 13.2. The van der Waals surface area contributed by atoms with Crippen LogP contribution in [0.15, 0.2) is 10.5 Å². The molecule has 5 heteroatoms. The van der Waals surface area contributed by atoms with Gasteiger partial charge in [-0.3, -0.25) is 0 Å². The van der Waals surface area contributed by atoms with Gasteiger partial charge in [-0.25, -0.2) is 0 Å². The fourth-order valence-electron chi connectivity index (χ4n) is 2.30. The fraction of sp³-hybridized carbons (Fsp3) is 0.692. The summed E-state index contributed by atoms with van der Waals surface area (Å²) < 4.78 is 1.86. The molecule has 1 aliphatic heterocycles. The molecule has 102 valence electrons. The summed E-state index contributed by atoms with van der Waals surface area (Å²) in [5, 5.41) is 3.58. The molecule has 0 saturated carbocycles. The first-order chi connectivity index (χ1) is 8.48. The maximum atomic E-state index is 6.04. The molecule has 1 fully saturated rings. The summed E-state index contributed by atoms with van der Waals surface area (Å²) >= 11 is 11.1. The van der Waals surface area contributed by atoms with Crippen molar-refractivity contribution >= 4 is 38.9 Å².